The number of fused-ring (bicyclic) bond motifs is 3. The van der Waals surface area contributed by atoms with Gasteiger partial charge < -0.3 is 4.57 Å². The van der Waals surface area contributed by atoms with Gasteiger partial charge in [0, 0.05) is 18.4 Å². The maximum atomic E-state index is 13.7. The van der Waals surface area contributed by atoms with Crippen molar-refractivity contribution in [2.45, 2.75) is 70.1 Å². The van der Waals surface area contributed by atoms with Crippen LogP contribution >= 0.6 is 0 Å². The van der Waals surface area contributed by atoms with Gasteiger partial charge in [-0.15, -0.1) is 0 Å². The molecule has 5 rings (SSSR count). The molecule has 174 valence electrons. The van der Waals surface area contributed by atoms with Crippen LogP contribution < -0.4 is 5.49 Å². The Labute approximate surface area is 187 Å². The van der Waals surface area contributed by atoms with E-state index in [4.69, 9.17) is 9.98 Å². The van der Waals surface area contributed by atoms with Crippen molar-refractivity contribution in [3.8, 4) is 0 Å². The smallest absolute Gasteiger partial charge is 0.328 e. The Hall–Kier alpha value is -2.84. The molecule has 1 saturated carbocycles. The third kappa shape index (κ3) is 3.61. The number of hydrogen-bond donors (Lipinski definition) is 0. The van der Waals surface area contributed by atoms with Crippen LogP contribution in [0.5, 0.6) is 0 Å². The molecule has 1 fully saturated rings. The number of nitrogens with zero attached hydrogens (tertiary/aromatic N) is 4. The molecule has 4 nitrogen and oxygen atoms in total. The summed E-state index contributed by atoms with van der Waals surface area (Å²) in [5.74, 6) is 0.818. The number of halogens is 5. The van der Waals surface area contributed by atoms with Crippen LogP contribution in [0.15, 0.2) is 35.5 Å². The van der Waals surface area contributed by atoms with E-state index >= 15 is 0 Å². The minimum Gasteiger partial charge on any atom is -0.328 e. The number of alkyl halides is 5. The molecule has 0 amide bonds. The third-order valence-electron chi connectivity index (χ3n) is 6.91. The summed E-state index contributed by atoms with van der Waals surface area (Å²) in [5.41, 5.74) is 0.104. The molecular formula is C24H23F5N4. The van der Waals surface area contributed by atoms with Gasteiger partial charge in [0.1, 0.15) is 5.82 Å². The van der Waals surface area contributed by atoms with E-state index in [0.717, 1.165) is 36.8 Å². The fourth-order valence-corrected chi connectivity index (χ4v) is 4.82. The van der Waals surface area contributed by atoms with Gasteiger partial charge in [-0.1, -0.05) is 12.1 Å². The Bertz CT molecular complexity index is 1300. The summed E-state index contributed by atoms with van der Waals surface area (Å²) in [6.45, 7) is 3.91. The number of aromatic nitrogens is 3. The van der Waals surface area contributed by atoms with Gasteiger partial charge in [0.2, 0.25) is 6.43 Å². The lowest BCUT2D eigenvalue weighted by Crippen LogP contribution is -2.22. The van der Waals surface area contributed by atoms with Gasteiger partial charge in [-0.25, -0.2) is 13.8 Å². The lowest BCUT2D eigenvalue weighted by Gasteiger charge is -2.17. The standard InChI is InChI=1S/C24H23F5N4/c1-13-15(5-3-6-17(13)24(27,28)29)14(2)31-21-16-11-19(23(8-9-23)22(25)26)30-12-18(16)33-10-4-7-20(33)32-21/h3,5-6,11-12,14,22H,4,7-10H2,1-2H3/t14-/m1/s1. The van der Waals surface area contributed by atoms with E-state index < -0.39 is 29.6 Å². The zero-order valence-electron chi connectivity index (χ0n) is 18.3. The summed E-state index contributed by atoms with van der Waals surface area (Å²) in [5, 5.41) is 0.606. The van der Waals surface area contributed by atoms with Gasteiger partial charge in [-0.05, 0) is 56.4 Å². The Morgan fingerprint density at radius 3 is 2.61 bits per heavy atom. The van der Waals surface area contributed by atoms with Crippen molar-refractivity contribution in [3.63, 3.8) is 0 Å². The first-order valence-electron chi connectivity index (χ1n) is 11.0. The van der Waals surface area contributed by atoms with E-state index in [2.05, 4.69) is 4.98 Å². The van der Waals surface area contributed by atoms with Crippen LogP contribution in [0.3, 0.4) is 0 Å². The predicted molar refractivity (Wildman–Crippen MR) is 113 cm³/mol. The van der Waals surface area contributed by atoms with E-state index in [1.54, 1.807) is 25.3 Å². The average molecular weight is 462 g/mol. The second kappa shape index (κ2) is 7.60. The maximum Gasteiger partial charge on any atom is 0.416 e. The zero-order valence-corrected chi connectivity index (χ0v) is 18.3. The third-order valence-corrected chi connectivity index (χ3v) is 6.91. The summed E-state index contributed by atoms with van der Waals surface area (Å²) in [4.78, 5) is 13.8. The van der Waals surface area contributed by atoms with Crippen LogP contribution in [0.4, 0.5) is 22.0 Å². The van der Waals surface area contributed by atoms with E-state index in [-0.39, 0.29) is 5.56 Å². The molecule has 1 aromatic carbocycles. The summed E-state index contributed by atoms with van der Waals surface area (Å²) < 4.78 is 69.6. The highest BCUT2D eigenvalue weighted by Crippen LogP contribution is 2.52. The average Bonchev–Trinajstić information content (AvgIpc) is 3.45. The minimum absolute atomic E-state index is 0.123. The van der Waals surface area contributed by atoms with E-state index in [1.807, 2.05) is 4.57 Å². The van der Waals surface area contributed by atoms with Gasteiger partial charge in [0.05, 0.1) is 34.4 Å². The van der Waals surface area contributed by atoms with E-state index in [0.29, 0.717) is 35.0 Å². The van der Waals surface area contributed by atoms with Crippen molar-refractivity contribution in [1.29, 1.82) is 0 Å². The van der Waals surface area contributed by atoms with Crippen molar-refractivity contribution in [2.75, 3.05) is 0 Å². The second-order valence-electron chi connectivity index (χ2n) is 8.97. The van der Waals surface area contributed by atoms with Gasteiger partial charge in [0.15, 0.2) is 5.49 Å². The van der Waals surface area contributed by atoms with Crippen molar-refractivity contribution in [1.82, 2.24) is 14.5 Å². The molecule has 0 N–H and O–H groups in total. The Kier molecular flexibility index (Phi) is 5.06. The molecule has 0 bridgehead atoms. The second-order valence-corrected chi connectivity index (χ2v) is 8.97. The number of rotatable bonds is 4. The number of pyridine rings is 1. The highest BCUT2D eigenvalue weighted by molar-refractivity contribution is 5.78. The fourth-order valence-electron chi connectivity index (χ4n) is 4.82. The Morgan fingerprint density at radius 1 is 1.18 bits per heavy atom. The fraction of sp³-hybridized carbons (Fsp3) is 0.458. The molecule has 1 aliphatic carbocycles. The predicted octanol–water partition coefficient (Wildman–Crippen LogP) is 5.66. The summed E-state index contributed by atoms with van der Waals surface area (Å²) in [6.07, 6.45) is -2.95. The van der Waals surface area contributed by atoms with Gasteiger partial charge in [-0.3, -0.25) is 9.98 Å². The summed E-state index contributed by atoms with van der Waals surface area (Å²) in [6, 6.07) is 5.11. The zero-order chi connectivity index (χ0) is 23.5. The maximum absolute atomic E-state index is 13.7. The van der Waals surface area contributed by atoms with Crippen LogP contribution in [-0.4, -0.2) is 21.0 Å². The van der Waals surface area contributed by atoms with Gasteiger partial charge in [0.25, 0.3) is 0 Å². The molecule has 3 aromatic rings. The number of aryl methyl sites for hydroxylation is 2. The molecule has 33 heavy (non-hydrogen) atoms. The van der Waals surface area contributed by atoms with Crippen molar-refractivity contribution < 1.29 is 22.0 Å². The highest BCUT2D eigenvalue weighted by Gasteiger charge is 2.53. The van der Waals surface area contributed by atoms with Crippen molar-refractivity contribution in [3.05, 3.63) is 64.2 Å². The quantitative estimate of drug-likeness (QED) is 0.470. The first-order valence-corrected chi connectivity index (χ1v) is 11.0. The lowest BCUT2D eigenvalue weighted by atomic mass is 9.97. The van der Waals surface area contributed by atoms with Crippen LogP contribution in [0.25, 0.3) is 10.9 Å². The SMILES string of the molecule is Cc1c([C@@H](C)N=c2nc3n(c4cnc(C5(C(F)F)CC5)cc24)CCC3)cccc1C(F)(F)F. The van der Waals surface area contributed by atoms with Gasteiger partial charge in [-0.2, -0.15) is 13.2 Å². The van der Waals surface area contributed by atoms with Crippen molar-refractivity contribution in [2.24, 2.45) is 4.99 Å². The summed E-state index contributed by atoms with van der Waals surface area (Å²) >= 11 is 0. The molecule has 0 unspecified atom stereocenters. The molecule has 9 heteroatoms. The lowest BCUT2D eigenvalue weighted by molar-refractivity contribution is -0.138. The van der Waals surface area contributed by atoms with Crippen LogP contribution in [0, 0.1) is 6.92 Å². The first-order chi connectivity index (χ1) is 15.6. The number of benzene rings is 1. The molecule has 1 aliphatic heterocycles. The van der Waals surface area contributed by atoms with Crippen LogP contribution in [0.2, 0.25) is 0 Å². The highest BCUT2D eigenvalue weighted by atomic mass is 19.4. The molecule has 0 radical (unpaired) electrons. The molecular weight excluding hydrogens is 439 g/mol. The first kappa shape index (κ1) is 22.0. The minimum atomic E-state index is -4.45. The normalized spacial score (nSPS) is 18.7. The largest absolute Gasteiger partial charge is 0.416 e. The van der Waals surface area contributed by atoms with Crippen LogP contribution in [-0.2, 0) is 24.6 Å². The molecule has 1 atom stereocenters. The molecule has 0 saturated heterocycles. The molecule has 2 aromatic heterocycles. The molecule has 0 spiro atoms. The topological polar surface area (TPSA) is 43.1 Å². The molecule has 3 heterocycles. The van der Waals surface area contributed by atoms with Gasteiger partial charge >= 0.3 is 6.18 Å². The van der Waals surface area contributed by atoms with Crippen molar-refractivity contribution >= 4 is 10.9 Å². The summed E-state index contributed by atoms with van der Waals surface area (Å²) in [7, 11) is 0. The Morgan fingerprint density at radius 2 is 1.94 bits per heavy atom. The monoisotopic (exact) mass is 462 g/mol. The van der Waals surface area contributed by atoms with E-state index in [9.17, 15) is 22.0 Å². The Balaban J connectivity index is 1.69. The van der Waals surface area contributed by atoms with E-state index in [1.165, 1.54) is 13.0 Å². The number of hydrogen-bond acceptors (Lipinski definition) is 3. The molecule has 2 aliphatic rings. The van der Waals surface area contributed by atoms with Crippen LogP contribution in [0.1, 0.15) is 60.4 Å².